The summed E-state index contributed by atoms with van der Waals surface area (Å²) in [7, 11) is 0. The Morgan fingerprint density at radius 1 is 1.17 bits per heavy atom. The van der Waals surface area contributed by atoms with Crippen LogP contribution in [0.5, 0.6) is 0 Å². The van der Waals surface area contributed by atoms with Crippen LogP contribution in [0.25, 0.3) is 11.0 Å². The van der Waals surface area contributed by atoms with Crippen LogP contribution in [-0.2, 0) is 0 Å². The summed E-state index contributed by atoms with van der Waals surface area (Å²) in [5.74, 6) is 0. The second-order valence-electron chi connectivity index (χ2n) is 2.40. The molecule has 2 heterocycles. The highest BCUT2D eigenvalue weighted by atomic mass is 32.1. The molecule has 0 saturated carbocycles. The first kappa shape index (κ1) is 8.34. The number of pyridine rings is 1. The van der Waals surface area contributed by atoms with E-state index in [-0.39, 0.29) is 0 Å². The molecule has 2 aromatic rings. The zero-order valence-corrected chi connectivity index (χ0v) is 8.63. The molecule has 5 heteroatoms. The van der Waals surface area contributed by atoms with Gasteiger partial charge in [-0.05, 0) is 6.07 Å². The molecule has 2 aromatic heterocycles. The van der Waals surface area contributed by atoms with E-state index >= 15 is 0 Å². The van der Waals surface area contributed by atoms with Crippen molar-refractivity contribution in [1.82, 2.24) is 9.97 Å². The van der Waals surface area contributed by atoms with Crippen LogP contribution in [0, 0.1) is 0 Å². The van der Waals surface area contributed by atoms with Gasteiger partial charge < -0.3 is 4.98 Å². The summed E-state index contributed by atoms with van der Waals surface area (Å²) < 4.78 is 0. The van der Waals surface area contributed by atoms with Crippen LogP contribution in [-0.4, -0.2) is 9.97 Å². The monoisotopic (exact) mass is 214 g/mol. The molecule has 0 aliphatic heterocycles. The molecule has 0 aliphatic carbocycles. The minimum Gasteiger partial charge on any atom is -0.345 e. The number of H-pyrrole nitrogens is 1. The van der Waals surface area contributed by atoms with Crippen molar-refractivity contribution >= 4 is 48.9 Å². The fourth-order valence-electron chi connectivity index (χ4n) is 1.08. The first-order valence-electron chi connectivity index (χ1n) is 3.27. The van der Waals surface area contributed by atoms with Crippen LogP contribution in [0.15, 0.2) is 27.1 Å². The number of nitrogens with zero attached hydrogens (tertiary/aromatic N) is 1. The van der Waals surface area contributed by atoms with Gasteiger partial charge in [-0.3, -0.25) is 0 Å². The molecule has 12 heavy (non-hydrogen) atoms. The van der Waals surface area contributed by atoms with Gasteiger partial charge >= 0.3 is 0 Å². The molecule has 2 rings (SSSR count). The Morgan fingerprint density at radius 3 is 2.67 bits per heavy atom. The van der Waals surface area contributed by atoms with Crippen molar-refractivity contribution in [3.8, 4) is 0 Å². The number of hydrogen-bond acceptors (Lipinski definition) is 4. The molecular formula is C7H6N2S3. The SMILES string of the molecule is Sc1cc(S)c2c(S)c[nH]c2n1. The second-order valence-corrected chi connectivity index (χ2v) is 3.82. The van der Waals surface area contributed by atoms with Crippen LogP contribution in [0.3, 0.4) is 0 Å². The van der Waals surface area contributed by atoms with Gasteiger partial charge in [-0.1, -0.05) is 0 Å². The fourth-order valence-corrected chi connectivity index (χ4v) is 2.14. The van der Waals surface area contributed by atoms with Crippen molar-refractivity contribution < 1.29 is 0 Å². The summed E-state index contributed by atoms with van der Waals surface area (Å²) in [4.78, 5) is 8.85. The number of nitrogens with one attached hydrogen (secondary N) is 1. The van der Waals surface area contributed by atoms with E-state index in [9.17, 15) is 0 Å². The van der Waals surface area contributed by atoms with Gasteiger partial charge in [0.1, 0.15) is 5.65 Å². The lowest BCUT2D eigenvalue weighted by Crippen LogP contribution is -1.79. The summed E-state index contributed by atoms with van der Waals surface area (Å²) in [6.45, 7) is 0. The quantitative estimate of drug-likeness (QED) is 0.498. The van der Waals surface area contributed by atoms with Crippen LogP contribution in [0.2, 0.25) is 0 Å². The average Bonchev–Trinajstić information content (AvgIpc) is 2.31. The first-order chi connectivity index (χ1) is 5.68. The Kier molecular flexibility index (Phi) is 2.02. The fraction of sp³-hybridized carbons (Fsp3) is 0. The van der Waals surface area contributed by atoms with E-state index in [4.69, 9.17) is 0 Å². The zero-order chi connectivity index (χ0) is 8.72. The highest BCUT2D eigenvalue weighted by Gasteiger charge is 2.05. The number of thiol groups is 3. The van der Waals surface area contributed by atoms with E-state index < -0.39 is 0 Å². The third kappa shape index (κ3) is 1.22. The van der Waals surface area contributed by atoms with E-state index in [2.05, 4.69) is 47.9 Å². The van der Waals surface area contributed by atoms with Crippen molar-refractivity contribution in [2.75, 3.05) is 0 Å². The molecule has 62 valence electrons. The molecule has 0 amide bonds. The molecule has 0 atom stereocenters. The average molecular weight is 214 g/mol. The van der Waals surface area contributed by atoms with Crippen molar-refractivity contribution in [2.45, 2.75) is 14.8 Å². The van der Waals surface area contributed by atoms with Crippen LogP contribution >= 0.6 is 37.9 Å². The van der Waals surface area contributed by atoms with Gasteiger partial charge in [-0.25, -0.2) is 4.98 Å². The van der Waals surface area contributed by atoms with Crippen molar-refractivity contribution in [3.05, 3.63) is 12.3 Å². The molecule has 2 nitrogen and oxygen atoms in total. The van der Waals surface area contributed by atoms with E-state index in [0.29, 0.717) is 5.03 Å². The summed E-state index contributed by atoms with van der Waals surface area (Å²) in [6.07, 6.45) is 1.79. The summed E-state index contributed by atoms with van der Waals surface area (Å²) in [5, 5.41) is 1.60. The molecule has 0 aliphatic rings. The number of fused-ring (bicyclic) bond motifs is 1. The smallest absolute Gasteiger partial charge is 0.140 e. The standard InChI is InChI=1S/C7H6N2S3/c10-3-1-5(12)9-7-6(3)4(11)2-8-7/h1-2,11H,(H3,8,9,10,12). The third-order valence-electron chi connectivity index (χ3n) is 1.59. The topological polar surface area (TPSA) is 28.7 Å². The van der Waals surface area contributed by atoms with Gasteiger partial charge in [0.15, 0.2) is 0 Å². The maximum atomic E-state index is 4.30. The molecule has 0 radical (unpaired) electrons. The molecule has 0 unspecified atom stereocenters. The Hall–Kier alpha value is -0.260. The van der Waals surface area contributed by atoms with Gasteiger partial charge in [-0.15, -0.1) is 37.9 Å². The highest BCUT2D eigenvalue weighted by Crippen LogP contribution is 2.27. The summed E-state index contributed by atoms with van der Waals surface area (Å²) in [6, 6.07) is 1.79. The lowest BCUT2D eigenvalue weighted by molar-refractivity contribution is 1.14. The van der Waals surface area contributed by atoms with E-state index in [1.807, 2.05) is 0 Å². The Bertz CT molecular complexity index is 435. The number of aromatic amines is 1. The Balaban J connectivity index is 2.93. The van der Waals surface area contributed by atoms with Crippen molar-refractivity contribution in [1.29, 1.82) is 0 Å². The molecular weight excluding hydrogens is 208 g/mol. The zero-order valence-electron chi connectivity index (χ0n) is 5.94. The third-order valence-corrected chi connectivity index (χ3v) is 2.52. The van der Waals surface area contributed by atoms with Gasteiger partial charge in [0.05, 0.1) is 5.03 Å². The normalized spacial score (nSPS) is 10.9. The molecule has 0 bridgehead atoms. The van der Waals surface area contributed by atoms with Gasteiger partial charge in [0, 0.05) is 21.4 Å². The number of hydrogen-bond donors (Lipinski definition) is 4. The predicted octanol–water partition coefficient (Wildman–Crippen LogP) is 2.43. The van der Waals surface area contributed by atoms with Gasteiger partial charge in [-0.2, -0.15) is 0 Å². The maximum absolute atomic E-state index is 4.30. The largest absolute Gasteiger partial charge is 0.345 e. The van der Waals surface area contributed by atoms with E-state index in [0.717, 1.165) is 20.8 Å². The minimum atomic E-state index is 0.655. The van der Waals surface area contributed by atoms with Gasteiger partial charge in [0.2, 0.25) is 0 Å². The lowest BCUT2D eigenvalue weighted by Gasteiger charge is -1.96. The van der Waals surface area contributed by atoms with Crippen LogP contribution < -0.4 is 0 Å². The highest BCUT2D eigenvalue weighted by molar-refractivity contribution is 7.81. The lowest BCUT2D eigenvalue weighted by atomic mass is 10.3. The Labute approximate surface area is 86.0 Å². The summed E-state index contributed by atoms with van der Waals surface area (Å²) >= 11 is 12.7. The molecule has 0 aromatic carbocycles. The van der Waals surface area contributed by atoms with Gasteiger partial charge in [0.25, 0.3) is 0 Å². The number of aromatic nitrogens is 2. The molecule has 1 N–H and O–H groups in total. The molecule has 0 spiro atoms. The van der Waals surface area contributed by atoms with Crippen molar-refractivity contribution in [3.63, 3.8) is 0 Å². The Morgan fingerprint density at radius 2 is 1.92 bits per heavy atom. The second kappa shape index (κ2) is 2.90. The molecule has 0 fully saturated rings. The molecule has 0 saturated heterocycles. The van der Waals surface area contributed by atoms with E-state index in [1.165, 1.54) is 0 Å². The predicted molar refractivity (Wildman–Crippen MR) is 57.8 cm³/mol. The first-order valence-corrected chi connectivity index (χ1v) is 4.61. The number of rotatable bonds is 0. The van der Waals surface area contributed by atoms with Crippen LogP contribution in [0.1, 0.15) is 0 Å². The maximum Gasteiger partial charge on any atom is 0.140 e. The van der Waals surface area contributed by atoms with E-state index in [1.54, 1.807) is 12.3 Å². The summed E-state index contributed by atoms with van der Waals surface area (Å²) in [5.41, 5.74) is 0.775. The minimum absolute atomic E-state index is 0.655. The van der Waals surface area contributed by atoms with Crippen molar-refractivity contribution in [2.24, 2.45) is 0 Å². The van der Waals surface area contributed by atoms with Crippen LogP contribution in [0.4, 0.5) is 0 Å².